The van der Waals surface area contributed by atoms with Crippen LogP contribution in [0.2, 0.25) is 5.02 Å². The topological polar surface area (TPSA) is 120 Å². The van der Waals surface area contributed by atoms with E-state index >= 15 is 0 Å². The molecule has 36 heavy (non-hydrogen) atoms. The van der Waals surface area contributed by atoms with Gasteiger partial charge >= 0.3 is 17.8 Å². The van der Waals surface area contributed by atoms with Gasteiger partial charge in [-0.3, -0.25) is 14.3 Å². The van der Waals surface area contributed by atoms with Crippen LogP contribution in [-0.4, -0.2) is 33.5 Å². The van der Waals surface area contributed by atoms with E-state index in [1.165, 1.54) is 31.2 Å². The predicted molar refractivity (Wildman–Crippen MR) is 118 cm³/mol. The molecule has 0 saturated heterocycles. The highest BCUT2D eigenvalue weighted by Crippen LogP contribution is 2.41. The van der Waals surface area contributed by atoms with Gasteiger partial charge in [0.15, 0.2) is 11.5 Å². The first-order valence-corrected chi connectivity index (χ1v) is 10.4. The molecule has 0 aliphatic carbocycles. The lowest BCUT2D eigenvalue weighted by Crippen LogP contribution is -2.35. The van der Waals surface area contributed by atoms with E-state index in [1.54, 1.807) is 4.98 Å². The number of aromatic amines is 1. The summed E-state index contributed by atoms with van der Waals surface area (Å²) < 4.78 is 72.1. The van der Waals surface area contributed by atoms with E-state index in [4.69, 9.17) is 25.8 Å². The third-order valence-corrected chi connectivity index (χ3v) is 5.00. The smallest absolute Gasteiger partial charge is 0.432 e. The first kappa shape index (κ1) is 26.8. The van der Waals surface area contributed by atoms with E-state index in [0.717, 1.165) is 13.1 Å². The number of aromatic nitrogens is 2. The summed E-state index contributed by atoms with van der Waals surface area (Å²) in [6.07, 6.45) is -6.91. The van der Waals surface area contributed by atoms with Crippen LogP contribution in [0, 0.1) is 5.82 Å². The number of para-hydroxylation sites is 2. The summed E-state index contributed by atoms with van der Waals surface area (Å²) in [5, 5.41) is 8.85. The van der Waals surface area contributed by atoms with E-state index in [0.29, 0.717) is 6.07 Å². The van der Waals surface area contributed by atoms with Gasteiger partial charge in [-0.15, -0.1) is 0 Å². The highest BCUT2D eigenvalue weighted by molar-refractivity contribution is 6.32. The zero-order valence-corrected chi connectivity index (χ0v) is 19.2. The molecule has 0 amide bonds. The van der Waals surface area contributed by atoms with Crippen molar-refractivity contribution in [2.45, 2.75) is 19.4 Å². The molecule has 3 aromatic rings. The number of carbonyl (C=O) groups is 1. The summed E-state index contributed by atoms with van der Waals surface area (Å²) in [5.41, 5.74) is -6.55. The Kier molecular flexibility index (Phi) is 7.74. The third-order valence-electron chi connectivity index (χ3n) is 4.71. The van der Waals surface area contributed by atoms with Crippen molar-refractivity contribution in [1.29, 1.82) is 0 Å². The molecule has 9 nitrogen and oxygen atoms in total. The fraction of sp³-hybridized carbons (Fsp3) is 0.227. The van der Waals surface area contributed by atoms with Crippen molar-refractivity contribution < 1.29 is 41.7 Å². The summed E-state index contributed by atoms with van der Waals surface area (Å²) in [6.45, 7) is 1.54. The summed E-state index contributed by atoms with van der Waals surface area (Å²) in [7, 11) is 0.765. The SMILES string of the molecule is CCOC(Oc1ccccc1Oc1cc(-c2c(C(F)(F)F)n(C)c(=O)[nH]c2=O)c(F)cc1Cl)C(=O)O. The van der Waals surface area contributed by atoms with Gasteiger partial charge in [0, 0.05) is 19.2 Å². The molecule has 0 fully saturated rings. The number of alkyl halides is 3. The van der Waals surface area contributed by atoms with Crippen LogP contribution in [0.3, 0.4) is 0 Å². The van der Waals surface area contributed by atoms with Crippen molar-refractivity contribution in [1.82, 2.24) is 9.55 Å². The second kappa shape index (κ2) is 10.4. The lowest BCUT2D eigenvalue weighted by atomic mass is 10.0. The minimum atomic E-state index is -5.20. The van der Waals surface area contributed by atoms with E-state index in [-0.39, 0.29) is 27.7 Å². The van der Waals surface area contributed by atoms with Crippen LogP contribution >= 0.6 is 11.6 Å². The number of nitrogens with zero attached hydrogens (tertiary/aromatic N) is 1. The largest absolute Gasteiger partial charge is 0.477 e. The molecule has 2 aromatic carbocycles. The van der Waals surface area contributed by atoms with Crippen LogP contribution in [0.5, 0.6) is 17.2 Å². The van der Waals surface area contributed by atoms with Crippen molar-refractivity contribution in [2.75, 3.05) is 6.61 Å². The van der Waals surface area contributed by atoms with Gasteiger partial charge in [0.05, 0.1) is 10.6 Å². The molecule has 0 aliphatic heterocycles. The predicted octanol–water partition coefficient (Wildman–Crippen LogP) is 4.17. The minimum absolute atomic E-state index is 0.00278. The summed E-state index contributed by atoms with van der Waals surface area (Å²) in [5.74, 6) is -3.42. The van der Waals surface area contributed by atoms with Gasteiger partial charge in [-0.05, 0) is 31.2 Å². The molecular formula is C22H17ClF4N2O7. The monoisotopic (exact) mass is 532 g/mol. The summed E-state index contributed by atoms with van der Waals surface area (Å²) >= 11 is 6.04. The van der Waals surface area contributed by atoms with Gasteiger partial charge in [0.2, 0.25) is 0 Å². The van der Waals surface area contributed by atoms with E-state index in [9.17, 15) is 37.1 Å². The molecule has 3 rings (SSSR count). The minimum Gasteiger partial charge on any atom is -0.477 e. The average Bonchev–Trinajstić information content (AvgIpc) is 2.78. The Balaban J connectivity index is 2.15. The number of nitrogens with one attached hydrogen (secondary N) is 1. The Morgan fingerprint density at radius 1 is 1.17 bits per heavy atom. The molecule has 0 spiro atoms. The summed E-state index contributed by atoms with van der Waals surface area (Å²) in [6, 6.07) is 6.96. The number of carboxylic acid groups (broad SMARTS) is 1. The molecule has 1 atom stereocenters. The number of aliphatic carboxylic acids is 1. The van der Waals surface area contributed by atoms with Gasteiger partial charge in [0.1, 0.15) is 17.3 Å². The van der Waals surface area contributed by atoms with E-state index in [1.807, 2.05) is 0 Å². The fourth-order valence-corrected chi connectivity index (χ4v) is 3.36. The van der Waals surface area contributed by atoms with Gasteiger partial charge in [-0.25, -0.2) is 14.0 Å². The number of hydrogen-bond acceptors (Lipinski definition) is 6. The molecule has 1 aromatic heterocycles. The lowest BCUT2D eigenvalue weighted by molar-refractivity contribution is -0.170. The first-order chi connectivity index (χ1) is 16.8. The van der Waals surface area contributed by atoms with Crippen LogP contribution in [0.25, 0.3) is 11.1 Å². The van der Waals surface area contributed by atoms with Crippen LogP contribution < -0.4 is 20.7 Å². The Labute approximate surface area is 204 Å². The Morgan fingerprint density at radius 3 is 2.39 bits per heavy atom. The molecule has 0 saturated carbocycles. The molecule has 192 valence electrons. The number of ether oxygens (including phenoxy) is 3. The number of halogens is 5. The van der Waals surface area contributed by atoms with Gasteiger partial charge in [0.25, 0.3) is 11.8 Å². The molecule has 0 bridgehead atoms. The third kappa shape index (κ3) is 5.52. The molecule has 1 unspecified atom stereocenters. The second-order valence-electron chi connectivity index (χ2n) is 7.09. The van der Waals surface area contributed by atoms with Crippen molar-refractivity contribution in [2.24, 2.45) is 7.05 Å². The normalized spacial score (nSPS) is 12.3. The molecular weight excluding hydrogens is 516 g/mol. The number of carboxylic acids is 1. The van der Waals surface area contributed by atoms with Crippen LogP contribution in [-0.2, 0) is 22.8 Å². The average molecular weight is 533 g/mol. The molecule has 0 radical (unpaired) electrons. The van der Waals surface area contributed by atoms with Crippen LogP contribution in [0.15, 0.2) is 46.0 Å². The Morgan fingerprint density at radius 2 is 1.81 bits per heavy atom. The van der Waals surface area contributed by atoms with E-state index in [2.05, 4.69) is 0 Å². The number of benzene rings is 2. The molecule has 0 aliphatic rings. The standard InChI is InChI=1S/C22H17ClF4N2O7/c1-3-34-20(19(31)32)36-14-7-5-4-6-13(14)35-15-8-10(12(24)9-11(15)23)16-17(22(25,26)27)29(2)21(33)28-18(16)30/h4-9,20H,3H2,1-2H3,(H,31,32)(H,28,30,33). The maximum Gasteiger partial charge on any atom is 0.432 e. The lowest BCUT2D eigenvalue weighted by Gasteiger charge is -2.19. The number of hydrogen-bond donors (Lipinski definition) is 2. The quantitative estimate of drug-likeness (QED) is 0.330. The zero-order chi connectivity index (χ0) is 26.8. The molecule has 2 N–H and O–H groups in total. The van der Waals surface area contributed by atoms with E-state index < -0.39 is 58.1 Å². The Hall–Kier alpha value is -3.84. The highest BCUT2D eigenvalue weighted by atomic mass is 35.5. The van der Waals surface area contributed by atoms with Crippen molar-refractivity contribution in [3.05, 3.63) is 73.8 Å². The first-order valence-electron chi connectivity index (χ1n) is 10.0. The maximum absolute atomic E-state index is 14.8. The van der Waals surface area contributed by atoms with Gasteiger partial charge < -0.3 is 19.3 Å². The van der Waals surface area contributed by atoms with Crippen LogP contribution in [0.4, 0.5) is 17.6 Å². The van der Waals surface area contributed by atoms with Gasteiger partial charge in [-0.1, -0.05) is 23.7 Å². The molecule has 1 heterocycles. The fourth-order valence-electron chi connectivity index (χ4n) is 3.17. The van der Waals surface area contributed by atoms with Crippen molar-refractivity contribution in [3.8, 4) is 28.4 Å². The highest BCUT2D eigenvalue weighted by Gasteiger charge is 2.39. The molecule has 14 heteroatoms. The zero-order valence-electron chi connectivity index (χ0n) is 18.5. The number of rotatable bonds is 8. The maximum atomic E-state index is 14.8. The van der Waals surface area contributed by atoms with Crippen molar-refractivity contribution in [3.63, 3.8) is 0 Å². The number of H-pyrrole nitrogens is 1. The second-order valence-corrected chi connectivity index (χ2v) is 7.50. The van der Waals surface area contributed by atoms with Crippen molar-refractivity contribution >= 4 is 17.6 Å². The van der Waals surface area contributed by atoms with Gasteiger partial charge in [-0.2, -0.15) is 13.2 Å². The summed E-state index contributed by atoms with van der Waals surface area (Å²) in [4.78, 5) is 37.2. The van der Waals surface area contributed by atoms with Crippen LogP contribution in [0.1, 0.15) is 12.6 Å². The Bertz CT molecular complexity index is 1420.